The van der Waals surface area contributed by atoms with Crippen molar-refractivity contribution in [3.05, 3.63) is 53.0 Å². The molecular weight excluding hydrogens is 222 g/mol. The first-order valence-corrected chi connectivity index (χ1v) is 5.48. The molecule has 0 atom stereocenters. The van der Waals surface area contributed by atoms with Crippen molar-refractivity contribution in [3.63, 3.8) is 0 Å². The zero-order valence-electron chi connectivity index (χ0n) is 8.29. The van der Waals surface area contributed by atoms with E-state index in [1.54, 1.807) is 12.2 Å². The topological polar surface area (TPSA) is 52.5 Å². The zero-order chi connectivity index (χ0) is 11.4. The van der Waals surface area contributed by atoms with E-state index in [1.807, 2.05) is 36.4 Å². The molecule has 1 aromatic carbocycles. The second-order valence-electron chi connectivity index (χ2n) is 3.09. The summed E-state index contributed by atoms with van der Waals surface area (Å²) in [4.78, 5) is 14.8. The first-order valence-electron chi connectivity index (χ1n) is 4.67. The maximum absolute atomic E-state index is 11.1. The van der Waals surface area contributed by atoms with Crippen molar-refractivity contribution >= 4 is 29.0 Å². The number of carbonyl (C=O) groups excluding carboxylic acids is 1. The molecular formula is C12H8NO2S-. The molecule has 1 aliphatic rings. The van der Waals surface area contributed by atoms with Crippen LogP contribution in [0.3, 0.4) is 0 Å². The van der Waals surface area contributed by atoms with Gasteiger partial charge in [0.25, 0.3) is 5.91 Å². The number of thioether (sulfide) groups is 1. The van der Waals surface area contributed by atoms with Crippen LogP contribution >= 0.6 is 11.8 Å². The predicted molar refractivity (Wildman–Crippen MR) is 63.6 cm³/mol. The molecule has 0 fully saturated rings. The number of benzene rings is 1. The van der Waals surface area contributed by atoms with E-state index in [0.29, 0.717) is 4.91 Å². The molecule has 0 spiro atoms. The summed E-state index contributed by atoms with van der Waals surface area (Å²) < 4.78 is 0. The summed E-state index contributed by atoms with van der Waals surface area (Å²) in [5.41, 5.74) is 1.04. The lowest BCUT2D eigenvalue weighted by Gasteiger charge is -1.96. The molecule has 1 aromatic rings. The molecule has 0 radical (unpaired) electrons. The van der Waals surface area contributed by atoms with Gasteiger partial charge in [-0.05, 0) is 11.6 Å². The fraction of sp³-hybridized carbons (Fsp3) is 0. The first kappa shape index (κ1) is 10.7. The van der Waals surface area contributed by atoms with Gasteiger partial charge in [0.1, 0.15) is 0 Å². The van der Waals surface area contributed by atoms with E-state index in [9.17, 15) is 9.90 Å². The summed E-state index contributed by atoms with van der Waals surface area (Å²) in [6.45, 7) is 0. The summed E-state index contributed by atoms with van der Waals surface area (Å²) in [5.74, 6) is -0.451. The Morgan fingerprint density at radius 3 is 2.62 bits per heavy atom. The Hall–Kier alpha value is -1.81. The third-order valence-corrected chi connectivity index (χ3v) is 2.73. The standard InChI is InChI=1S/C12H9NO2S/c14-11-10(16-12(15)13-11)8-4-7-9-5-2-1-3-6-9/h1-8H,(H,13,14,15)/p-1. The molecule has 3 nitrogen and oxygen atoms in total. The number of hydrogen-bond acceptors (Lipinski definition) is 3. The third kappa shape index (κ3) is 2.61. The Morgan fingerprint density at radius 1 is 1.25 bits per heavy atom. The van der Waals surface area contributed by atoms with Crippen molar-refractivity contribution in [1.82, 2.24) is 0 Å². The maximum Gasteiger partial charge on any atom is 0.283 e. The molecule has 0 saturated heterocycles. The van der Waals surface area contributed by atoms with Crippen molar-refractivity contribution in [2.75, 3.05) is 0 Å². The van der Waals surface area contributed by atoms with E-state index >= 15 is 0 Å². The molecule has 0 unspecified atom stereocenters. The molecule has 0 aromatic heterocycles. The SMILES string of the molecule is O=C1N=C([O-])SC1=CC=Cc1ccccc1. The molecule has 2 rings (SSSR count). The molecule has 1 heterocycles. The van der Waals surface area contributed by atoms with Gasteiger partial charge in [-0.25, -0.2) is 4.99 Å². The summed E-state index contributed by atoms with van der Waals surface area (Å²) in [6, 6.07) is 9.70. The van der Waals surface area contributed by atoms with Gasteiger partial charge in [0.15, 0.2) is 0 Å². The van der Waals surface area contributed by atoms with Crippen molar-refractivity contribution in [3.8, 4) is 0 Å². The van der Waals surface area contributed by atoms with Gasteiger partial charge in [0, 0.05) is 5.23 Å². The van der Waals surface area contributed by atoms with E-state index in [-0.39, 0.29) is 0 Å². The largest absolute Gasteiger partial charge is 0.853 e. The van der Waals surface area contributed by atoms with E-state index < -0.39 is 11.1 Å². The number of carbonyl (C=O) groups is 1. The normalized spacial score (nSPS) is 18.4. The van der Waals surface area contributed by atoms with Gasteiger partial charge in [0.05, 0.1) is 4.91 Å². The lowest BCUT2D eigenvalue weighted by molar-refractivity contribution is -0.205. The molecule has 1 aliphatic heterocycles. The van der Waals surface area contributed by atoms with Crippen molar-refractivity contribution in [2.24, 2.45) is 4.99 Å². The highest BCUT2D eigenvalue weighted by molar-refractivity contribution is 8.17. The van der Waals surface area contributed by atoms with Crippen LogP contribution in [0.25, 0.3) is 6.08 Å². The Labute approximate surface area is 97.2 Å². The number of nitrogens with zero attached hydrogens (tertiary/aromatic N) is 1. The monoisotopic (exact) mass is 230 g/mol. The lowest BCUT2D eigenvalue weighted by Crippen LogP contribution is -2.08. The molecule has 0 bridgehead atoms. The van der Waals surface area contributed by atoms with Gasteiger partial charge in [-0.15, -0.1) is 0 Å². The highest BCUT2D eigenvalue weighted by Crippen LogP contribution is 2.23. The average Bonchev–Trinajstić information content (AvgIpc) is 2.59. The highest BCUT2D eigenvalue weighted by Gasteiger charge is 2.14. The molecule has 0 N–H and O–H groups in total. The predicted octanol–water partition coefficient (Wildman–Crippen LogP) is 1.57. The Balaban J connectivity index is 2.06. The van der Waals surface area contributed by atoms with Crippen LogP contribution in [0.2, 0.25) is 0 Å². The molecule has 80 valence electrons. The van der Waals surface area contributed by atoms with Crippen LogP contribution in [0.15, 0.2) is 52.4 Å². The lowest BCUT2D eigenvalue weighted by atomic mass is 10.2. The highest BCUT2D eigenvalue weighted by atomic mass is 32.2. The van der Waals surface area contributed by atoms with Crippen LogP contribution in [-0.4, -0.2) is 11.1 Å². The van der Waals surface area contributed by atoms with Crippen LogP contribution in [0.5, 0.6) is 0 Å². The molecule has 0 saturated carbocycles. The van der Waals surface area contributed by atoms with Gasteiger partial charge >= 0.3 is 0 Å². The van der Waals surface area contributed by atoms with Gasteiger partial charge < -0.3 is 5.11 Å². The Bertz CT molecular complexity index is 489. The summed E-state index contributed by atoms with van der Waals surface area (Å²) in [6.07, 6.45) is 5.21. The Morgan fingerprint density at radius 2 is 2.00 bits per heavy atom. The van der Waals surface area contributed by atoms with Crippen LogP contribution in [-0.2, 0) is 4.79 Å². The molecule has 4 heteroatoms. The Kier molecular flexibility index (Phi) is 3.22. The van der Waals surface area contributed by atoms with Gasteiger partial charge in [-0.3, -0.25) is 4.79 Å². The zero-order valence-corrected chi connectivity index (χ0v) is 9.11. The van der Waals surface area contributed by atoms with E-state index in [2.05, 4.69) is 4.99 Å². The van der Waals surface area contributed by atoms with Gasteiger partial charge in [0.2, 0.25) is 0 Å². The molecule has 1 amide bonds. The maximum atomic E-state index is 11.1. The van der Waals surface area contributed by atoms with Crippen molar-refractivity contribution in [1.29, 1.82) is 0 Å². The number of amides is 1. The molecule has 16 heavy (non-hydrogen) atoms. The number of hydrogen-bond donors (Lipinski definition) is 0. The fourth-order valence-electron chi connectivity index (χ4n) is 1.21. The second kappa shape index (κ2) is 4.81. The second-order valence-corrected chi connectivity index (χ2v) is 4.08. The van der Waals surface area contributed by atoms with E-state index in [4.69, 9.17) is 0 Å². The number of allylic oxidation sites excluding steroid dienone is 2. The summed E-state index contributed by atoms with van der Waals surface area (Å²) in [5, 5.41) is 10.4. The van der Waals surface area contributed by atoms with Crippen LogP contribution in [0, 0.1) is 0 Å². The fourth-order valence-corrected chi connectivity index (χ4v) is 1.81. The molecule has 0 aliphatic carbocycles. The van der Waals surface area contributed by atoms with Crippen molar-refractivity contribution in [2.45, 2.75) is 0 Å². The smallest absolute Gasteiger partial charge is 0.283 e. The quantitative estimate of drug-likeness (QED) is 0.725. The number of aliphatic imine (C=N–C) groups is 1. The average molecular weight is 230 g/mol. The van der Waals surface area contributed by atoms with Gasteiger partial charge in [-0.1, -0.05) is 54.2 Å². The van der Waals surface area contributed by atoms with Crippen LogP contribution < -0.4 is 5.11 Å². The minimum absolute atomic E-state index is 0.372. The van der Waals surface area contributed by atoms with Gasteiger partial charge in [-0.2, -0.15) is 0 Å². The number of rotatable bonds is 2. The van der Waals surface area contributed by atoms with Crippen LogP contribution in [0.1, 0.15) is 5.56 Å². The van der Waals surface area contributed by atoms with Crippen molar-refractivity contribution < 1.29 is 9.90 Å². The first-order chi connectivity index (χ1) is 7.75. The summed E-state index contributed by atoms with van der Waals surface area (Å²) >= 11 is 0.864. The minimum atomic E-state index is -0.451. The summed E-state index contributed by atoms with van der Waals surface area (Å²) in [7, 11) is 0. The minimum Gasteiger partial charge on any atom is -0.853 e. The van der Waals surface area contributed by atoms with E-state index in [1.165, 1.54) is 0 Å². The third-order valence-electron chi connectivity index (χ3n) is 1.94. The van der Waals surface area contributed by atoms with Crippen LogP contribution in [0.4, 0.5) is 0 Å². The van der Waals surface area contributed by atoms with E-state index in [0.717, 1.165) is 17.3 Å².